The molecule has 2 unspecified atom stereocenters. The van der Waals surface area contributed by atoms with Crippen molar-refractivity contribution in [1.29, 1.82) is 0 Å². The van der Waals surface area contributed by atoms with E-state index < -0.39 is 18.1 Å². The summed E-state index contributed by atoms with van der Waals surface area (Å²) in [5.41, 5.74) is 1.95. The number of halogens is 1. The maximum atomic E-state index is 12.5. The summed E-state index contributed by atoms with van der Waals surface area (Å²) in [6.45, 7) is 9.18. The lowest BCUT2D eigenvalue weighted by atomic mass is 9.77. The Morgan fingerprint density at radius 1 is 1.05 bits per heavy atom. The van der Waals surface area contributed by atoms with Gasteiger partial charge in [0, 0.05) is 29.6 Å². The minimum absolute atomic E-state index is 0.0514. The molecule has 9 heteroatoms. The lowest BCUT2D eigenvalue weighted by molar-refractivity contribution is -0.143. The van der Waals surface area contributed by atoms with Gasteiger partial charge in [-0.05, 0) is 52.7 Å². The zero-order valence-corrected chi connectivity index (χ0v) is 26.0. The first-order valence-electron chi connectivity index (χ1n) is 13.6. The van der Waals surface area contributed by atoms with Crippen molar-refractivity contribution in [1.82, 2.24) is 0 Å². The lowest BCUT2D eigenvalue weighted by Crippen LogP contribution is -2.53. The van der Waals surface area contributed by atoms with E-state index in [1.807, 2.05) is 42.5 Å². The molecule has 3 aromatic rings. The first-order chi connectivity index (χ1) is 19.0. The largest absolute Gasteiger partial charge is 0.466 e. The second kappa shape index (κ2) is 12.9. The van der Waals surface area contributed by atoms with Gasteiger partial charge in [0.25, 0.3) is 18.1 Å². The normalized spacial score (nSPS) is 16.2. The number of carbonyl (C=O) groups is 1. The van der Waals surface area contributed by atoms with E-state index in [9.17, 15) is 13.2 Å². The molecule has 0 aliphatic carbocycles. The van der Waals surface area contributed by atoms with Crippen molar-refractivity contribution in [3.63, 3.8) is 0 Å². The summed E-state index contributed by atoms with van der Waals surface area (Å²) in [5, 5.41) is 5.73. The van der Waals surface area contributed by atoms with Gasteiger partial charge in [-0.3, -0.25) is 4.79 Å². The number of esters is 1. The van der Waals surface area contributed by atoms with Crippen molar-refractivity contribution < 1.29 is 22.4 Å². The molecule has 0 bridgehead atoms. The maximum Gasteiger partial charge on any atom is 0.306 e. The number of nitrogens with one attached hydrogen (secondary N) is 1. The number of carbonyl (C=O) groups excluding carboxylic acids is 1. The fraction of sp³-hybridized carbons (Fsp3) is 0.387. The monoisotopic (exact) mass is 598 g/mol. The molecule has 0 amide bonds. The number of ether oxygens (including phenoxy) is 1. The number of rotatable bonds is 10. The van der Waals surface area contributed by atoms with Gasteiger partial charge in [0.05, 0.1) is 18.4 Å². The average Bonchev–Trinajstić information content (AvgIpc) is 2.91. The number of hydrogen-bond acceptors (Lipinski definition) is 6. The van der Waals surface area contributed by atoms with Crippen LogP contribution in [0.4, 0.5) is 5.69 Å². The standard InChI is InChI=1S/C31H37ClNO5SSi/c1-5-37-28(34)17-16-22-18-23-20-24(21-33-29(23)27(19-22)39(32,35)36)30(31(2,3)4)38-40(25-12-8-6-9-13-25)26-14-10-7-11-15-26/h6-15,18-19,24,30,33H,5,16-17,20-21H2,1-4H3. The Bertz CT molecular complexity index is 1370. The highest BCUT2D eigenvalue weighted by atomic mass is 35.7. The van der Waals surface area contributed by atoms with Crippen LogP contribution in [0.15, 0.2) is 77.7 Å². The van der Waals surface area contributed by atoms with Gasteiger partial charge < -0.3 is 14.5 Å². The maximum absolute atomic E-state index is 12.5. The average molecular weight is 599 g/mol. The number of anilines is 1. The number of aryl methyl sites for hydroxylation is 1. The SMILES string of the molecule is CCOC(=O)CCc1cc2c(c(S(=O)(=O)Cl)c1)NCC(C(O[Si](c1ccccc1)c1ccccc1)C(C)(C)C)C2. The third-order valence-corrected chi connectivity index (χ3v) is 10.6. The molecule has 0 aromatic heterocycles. The molecule has 0 fully saturated rings. The third-order valence-electron chi connectivity index (χ3n) is 7.05. The smallest absolute Gasteiger partial charge is 0.306 e. The predicted octanol–water partition coefficient (Wildman–Crippen LogP) is 4.93. The Morgan fingerprint density at radius 3 is 2.17 bits per heavy atom. The van der Waals surface area contributed by atoms with Crippen LogP contribution in [0.25, 0.3) is 0 Å². The Morgan fingerprint density at radius 2 is 1.65 bits per heavy atom. The first kappa shape index (κ1) is 30.3. The van der Waals surface area contributed by atoms with E-state index in [-0.39, 0.29) is 34.7 Å². The second-order valence-electron chi connectivity index (χ2n) is 11.2. The molecular weight excluding hydrogens is 562 g/mol. The van der Waals surface area contributed by atoms with Crippen LogP contribution >= 0.6 is 10.7 Å². The molecule has 40 heavy (non-hydrogen) atoms. The summed E-state index contributed by atoms with van der Waals surface area (Å²) < 4.78 is 37.3. The Kier molecular flexibility index (Phi) is 9.77. The number of benzene rings is 3. The fourth-order valence-corrected chi connectivity index (χ4v) is 8.81. The minimum atomic E-state index is -4.01. The van der Waals surface area contributed by atoms with Crippen LogP contribution in [-0.4, -0.2) is 42.7 Å². The number of hydrogen-bond donors (Lipinski definition) is 1. The van der Waals surface area contributed by atoms with Crippen molar-refractivity contribution in [3.05, 3.63) is 83.9 Å². The topological polar surface area (TPSA) is 81.7 Å². The molecule has 6 nitrogen and oxygen atoms in total. The van der Waals surface area contributed by atoms with Crippen LogP contribution in [0.1, 0.15) is 45.2 Å². The molecule has 1 heterocycles. The summed E-state index contributed by atoms with van der Waals surface area (Å²) in [6, 6.07) is 24.3. The van der Waals surface area contributed by atoms with E-state index in [1.165, 1.54) is 10.4 Å². The molecule has 4 rings (SSSR count). The van der Waals surface area contributed by atoms with Gasteiger partial charge in [-0.1, -0.05) is 87.5 Å². The molecule has 213 valence electrons. The van der Waals surface area contributed by atoms with Crippen molar-refractivity contribution in [2.45, 2.75) is 58.0 Å². The van der Waals surface area contributed by atoms with Crippen molar-refractivity contribution >= 4 is 50.8 Å². The molecule has 0 spiro atoms. The van der Waals surface area contributed by atoms with Gasteiger partial charge in [0.1, 0.15) is 4.90 Å². The summed E-state index contributed by atoms with van der Waals surface area (Å²) >= 11 is 0. The van der Waals surface area contributed by atoms with Crippen LogP contribution < -0.4 is 15.7 Å². The van der Waals surface area contributed by atoms with E-state index in [4.69, 9.17) is 19.8 Å². The third kappa shape index (κ3) is 7.54. The second-order valence-corrected chi connectivity index (χ2v) is 15.8. The Labute approximate surface area is 244 Å². The molecule has 1 radical (unpaired) electrons. The van der Waals surface area contributed by atoms with Gasteiger partial charge in [-0.25, -0.2) is 8.42 Å². The summed E-state index contributed by atoms with van der Waals surface area (Å²) in [4.78, 5) is 12.0. The summed E-state index contributed by atoms with van der Waals surface area (Å²) in [5.74, 6) is -0.240. The van der Waals surface area contributed by atoms with E-state index in [1.54, 1.807) is 13.0 Å². The molecule has 0 saturated carbocycles. The van der Waals surface area contributed by atoms with Crippen molar-refractivity contribution in [2.24, 2.45) is 11.3 Å². The van der Waals surface area contributed by atoms with Gasteiger partial charge in [0.15, 0.2) is 0 Å². The van der Waals surface area contributed by atoms with Crippen LogP contribution in [0.3, 0.4) is 0 Å². The first-order valence-corrected chi connectivity index (χ1v) is 17.3. The highest BCUT2D eigenvalue weighted by Gasteiger charge is 2.39. The van der Waals surface area contributed by atoms with E-state index in [0.717, 1.165) is 11.1 Å². The van der Waals surface area contributed by atoms with Crippen LogP contribution in [-0.2, 0) is 35.8 Å². The highest BCUT2D eigenvalue weighted by molar-refractivity contribution is 8.13. The van der Waals surface area contributed by atoms with Crippen molar-refractivity contribution in [3.8, 4) is 0 Å². The quantitative estimate of drug-likeness (QED) is 0.202. The molecular formula is C31H37ClNO5SSi. The number of fused-ring (bicyclic) bond motifs is 1. The Hall–Kier alpha value is -2.65. The van der Waals surface area contributed by atoms with Gasteiger partial charge in [0.2, 0.25) is 0 Å². The molecule has 2 atom stereocenters. The highest BCUT2D eigenvalue weighted by Crippen LogP contribution is 2.39. The van der Waals surface area contributed by atoms with Gasteiger partial charge in [-0.15, -0.1) is 0 Å². The van der Waals surface area contributed by atoms with Crippen LogP contribution in [0.5, 0.6) is 0 Å². The zero-order valence-electron chi connectivity index (χ0n) is 23.4. The van der Waals surface area contributed by atoms with E-state index in [0.29, 0.717) is 31.7 Å². The van der Waals surface area contributed by atoms with Crippen LogP contribution in [0.2, 0.25) is 0 Å². The molecule has 1 N–H and O–H groups in total. The minimum Gasteiger partial charge on any atom is -0.466 e. The van der Waals surface area contributed by atoms with Crippen LogP contribution in [0, 0.1) is 11.3 Å². The molecule has 1 aliphatic heterocycles. The molecule has 0 saturated heterocycles. The van der Waals surface area contributed by atoms with E-state index in [2.05, 4.69) is 50.4 Å². The Balaban J connectivity index is 1.68. The van der Waals surface area contributed by atoms with Gasteiger partial charge >= 0.3 is 5.97 Å². The summed E-state index contributed by atoms with van der Waals surface area (Å²) in [6.07, 6.45) is 1.03. The fourth-order valence-electron chi connectivity index (χ4n) is 5.30. The lowest BCUT2D eigenvalue weighted by Gasteiger charge is -2.42. The zero-order chi connectivity index (χ0) is 28.9. The summed E-state index contributed by atoms with van der Waals surface area (Å²) in [7, 11) is 0.306. The van der Waals surface area contributed by atoms with Gasteiger partial charge in [-0.2, -0.15) is 0 Å². The molecule has 1 aliphatic rings. The molecule has 3 aromatic carbocycles. The predicted molar refractivity (Wildman–Crippen MR) is 162 cm³/mol. The van der Waals surface area contributed by atoms with Crippen molar-refractivity contribution in [2.75, 3.05) is 18.5 Å². The van der Waals surface area contributed by atoms with E-state index >= 15 is 0 Å².